The number of alkyl halides is 2. The summed E-state index contributed by atoms with van der Waals surface area (Å²) in [5, 5.41) is 11.4. The molecule has 0 radical (unpaired) electrons. The zero-order valence-corrected chi connectivity index (χ0v) is 12.3. The lowest BCUT2D eigenvalue weighted by Crippen LogP contribution is -2.35. The number of amides is 2. The molecule has 2 rings (SSSR count). The van der Waals surface area contributed by atoms with Gasteiger partial charge in [-0.3, -0.25) is 14.6 Å². The van der Waals surface area contributed by atoms with Gasteiger partial charge in [0.15, 0.2) is 0 Å². The molecule has 1 saturated carbocycles. The Morgan fingerprint density at radius 3 is 2.74 bits per heavy atom. The first-order valence-electron chi connectivity index (χ1n) is 7.15. The highest BCUT2D eigenvalue weighted by Crippen LogP contribution is 2.35. The molecule has 6 nitrogen and oxygen atoms in total. The van der Waals surface area contributed by atoms with Crippen molar-refractivity contribution < 1.29 is 18.4 Å². The third-order valence-corrected chi connectivity index (χ3v) is 3.66. The van der Waals surface area contributed by atoms with Crippen molar-refractivity contribution in [3.8, 4) is 6.07 Å². The standard InChI is InChI=1S/C15H16F2N4O2/c16-15(17,12-10(13(19)23)3-2-8-20-12)5-1-4-11(22)21-14(9-18)6-7-14/h2-3,8H,1,4-7H2,(H2,19,23)(H,21,22). The lowest BCUT2D eigenvalue weighted by molar-refractivity contribution is -0.122. The van der Waals surface area contributed by atoms with E-state index in [1.54, 1.807) is 0 Å². The summed E-state index contributed by atoms with van der Waals surface area (Å²) in [5.74, 6) is -4.77. The van der Waals surface area contributed by atoms with Gasteiger partial charge in [-0.15, -0.1) is 0 Å². The molecule has 3 N–H and O–H groups in total. The fraction of sp³-hybridized carbons (Fsp3) is 0.467. The highest BCUT2D eigenvalue weighted by Gasteiger charge is 2.44. The van der Waals surface area contributed by atoms with Crippen LogP contribution in [0.5, 0.6) is 0 Å². The number of rotatable bonds is 7. The molecule has 1 aliphatic carbocycles. The number of aromatic nitrogens is 1. The molecule has 2 amide bonds. The Morgan fingerprint density at radius 1 is 1.48 bits per heavy atom. The van der Waals surface area contributed by atoms with Crippen LogP contribution in [0.4, 0.5) is 8.78 Å². The van der Waals surface area contributed by atoms with Crippen LogP contribution in [0.3, 0.4) is 0 Å². The van der Waals surface area contributed by atoms with Crippen LogP contribution in [0.25, 0.3) is 0 Å². The molecule has 0 aliphatic heterocycles. The number of nitrogens with one attached hydrogen (secondary N) is 1. The van der Waals surface area contributed by atoms with Crippen molar-refractivity contribution in [1.29, 1.82) is 5.26 Å². The molecule has 0 aromatic carbocycles. The first-order chi connectivity index (χ1) is 10.8. The smallest absolute Gasteiger partial charge is 0.290 e. The molecule has 0 unspecified atom stereocenters. The minimum atomic E-state index is -3.36. The van der Waals surface area contributed by atoms with Gasteiger partial charge in [-0.25, -0.2) is 0 Å². The van der Waals surface area contributed by atoms with Gasteiger partial charge in [0.2, 0.25) is 5.91 Å². The monoisotopic (exact) mass is 322 g/mol. The normalized spacial score (nSPS) is 15.5. The van der Waals surface area contributed by atoms with E-state index in [0.29, 0.717) is 12.8 Å². The van der Waals surface area contributed by atoms with Crippen molar-refractivity contribution in [2.24, 2.45) is 5.73 Å². The maximum absolute atomic E-state index is 14.2. The van der Waals surface area contributed by atoms with Gasteiger partial charge in [0.05, 0.1) is 11.6 Å². The second kappa shape index (κ2) is 6.28. The van der Waals surface area contributed by atoms with E-state index in [9.17, 15) is 18.4 Å². The van der Waals surface area contributed by atoms with Crippen molar-refractivity contribution in [3.63, 3.8) is 0 Å². The minimum Gasteiger partial charge on any atom is -0.366 e. The maximum Gasteiger partial charge on any atom is 0.290 e. The van der Waals surface area contributed by atoms with Crippen LogP contribution in [0.2, 0.25) is 0 Å². The van der Waals surface area contributed by atoms with Gasteiger partial charge in [-0.05, 0) is 31.4 Å². The summed E-state index contributed by atoms with van der Waals surface area (Å²) >= 11 is 0. The summed E-state index contributed by atoms with van der Waals surface area (Å²) in [6.45, 7) is 0. The summed E-state index contributed by atoms with van der Waals surface area (Å²) < 4.78 is 28.4. The summed E-state index contributed by atoms with van der Waals surface area (Å²) in [5.41, 5.74) is 3.26. The predicted octanol–water partition coefficient (Wildman–Crippen LogP) is 1.61. The minimum absolute atomic E-state index is 0.102. The van der Waals surface area contributed by atoms with Crippen LogP contribution in [0, 0.1) is 11.3 Å². The van der Waals surface area contributed by atoms with E-state index in [-0.39, 0.29) is 18.4 Å². The largest absolute Gasteiger partial charge is 0.366 e. The van der Waals surface area contributed by atoms with Gasteiger partial charge in [0.1, 0.15) is 11.2 Å². The fourth-order valence-electron chi connectivity index (χ4n) is 2.20. The summed E-state index contributed by atoms with van der Waals surface area (Å²) in [6, 6.07) is 4.54. The van der Waals surface area contributed by atoms with Crippen molar-refractivity contribution in [2.45, 2.75) is 43.6 Å². The first-order valence-corrected chi connectivity index (χ1v) is 7.15. The number of nitrogens with two attached hydrogens (primary N) is 1. The maximum atomic E-state index is 14.2. The van der Waals surface area contributed by atoms with Crippen molar-refractivity contribution in [3.05, 3.63) is 29.6 Å². The Labute approximate surface area is 131 Å². The van der Waals surface area contributed by atoms with E-state index in [2.05, 4.69) is 10.3 Å². The van der Waals surface area contributed by atoms with Gasteiger partial charge in [0.25, 0.3) is 11.8 Å². The Balaban J connectivity index is 1.93. The molecular formula is C15H16F2N4O2. The van der Waals surface area contributed by atoms with Gasteiger partial charge >= 0.3 is 0 Å². The van der Waals surface area contributed by atoms with Crippen LogP contribution in [-0.2, 0) is 10.7 Å². The molecule has 1 aromatic heterocycles. The summed E-state index contributed by atoms with van der Waals surface area (Å²) in [4.78, 5) is 26.4. The first kappa shape index (κ1) is 16.8. The lowest BCUT2D eigenvalue weighted by atomic mass is 10.0. The van der Waals surface area contributed by atoms with Gasteiger partial charge in [0, 0.05) is 19.0 Å². The molecule has 8 heteroatoms. The second-order valence-corrected chi connectivity index (χ2v) is 5.56. The van der Waals surface area contributed by atoms with Gasteiger partial charge < -0.3 is 11.1 Å². The van der Waals surface area contributed by atoms with Crippen LogP contribution in [0.15, 0.2) is 18.3 Å². The van der Waals surface area contributed by atoms with Crippen LogP contribution in [-0.4, -0.2) is 22.3 Å². The number of primary amides is 1. The van der Waals surface area contributed by atoms with Crippen LogP contribution in [0.1, 0.15) is 48.2 Å². The van der Waals surface area contributed by atoms with Crippen molar-refractivity contribution >= 4 is 11.8 Å². The zero-order chi connectivity index (χ0) is 17.1. The van der Waals surface area contributed by atoms with Crippen molar-refractivity contribution in [1.82, 2.24) is 10.3 Å². The lowest BCUT2D eigenvalue weighted by Gasteiger charge is -2.17. The Morgan fingerprint density at radius 2 is 2.17 bits per heavy atom. The van der Waals surface area contributed by atoms with Gasteiger partial charge in [-0.2, -0.15) is 14.0 Å². The summed E-state index contributed by atoms with van der Waals surface area (Å²) in [7, 11) is 0. The van der Waals surface area contributed by atoms with Crippen molar-refractivity contribution in [2.75, 3.05) is 0 Å². The Kier molecular flexibility index (Phi) is 4.59. The van der Waals surface area contributed by atoms with E-state index < -0.39 is 35.4 Å². The third-order valence-electron chi connectivity index (χ3n) is 3.66. The molecule has 23 heavy (non-hydrogen) atoms. The van der Waals surface area contributed by atoms with E-state index >= 15 is 0 Å². The average molecular weight is 322 g/mol. The molecule has 0 saturated heterocycles. The van der Waals surface area contributed by atoms with E-state index in [1.807, 2.05) is 6.07 Å². The number of halogens is 2. The molecule has 1 aliphatic rings. The number of carbonyl (C=O) groups is 2. The van der Waals surface area contributed by atoms with Gasteiger partial charge in [-0.1, -0.05) is 0 Å². The van der Waals surface area contributed by atoms with Crippen LogP contribution < -0.4 is 11.1 Å². The molecular weight excluding hydrogens is 306 g/mol. The number of carbonyl (C=O) groups excluding carboxylic acids is 2. The fourth-order valence-corrected chi connectivity index (χ4v) is 2.20. The molecule has 1 heterocycles. The molecule has 0 atom stereocenters. The number of hydrogen-bond acceptors (Lipinski definition) is 4. The molecule has 122 valence electrons. The molecule has 1 aromatic rings. The molecule has 0 bridgehead atoms. The number of nitrogens with zero attached hydrogens (tertiary/aromatic N) is 2. The number of nitriles is 1. The third kappa shape index (κ3) is 4.00. The predicted molar refractivity (Wildman–Crippen MR) is 76.2 cm³/mol. The number of hydrogen-bond donors (Lipinski definition) is 2. The zero-order valence-electron chi connectivity index (χ0n) is 12.3. The number of pyridine rings is 1. The average Bonchev–Trinajstić information content (AvgIpc) is 3.27. The molecule has 1 fully saturated rings. The van der Waals surface area contributed by atoms with Crippen LogP contribution >= 0.6 is 0 Å². The second-order valence-electron chi connectivity index (χ2n) is 5.56. The van der Waals surface area contributed by atoms with E-state index in [4.69, 9.17) is 11.0 Å². The molecule has 0 spiro atoms. The topological polar surface area (TPSA) is 109 Å². The highest BCUT2D eigenvalue weighted by atomic mass is 19.3. The Bertz CT molecular complexity index is 666. The highest BCUT2D eigenvalue weighted by molar-refractivity contribution is 5.94. The van der Waals surface area contributed by atoms with E-state index in [0.717, 1.165) is 6.20 Å². The van der Waals surface area contributed by atoms with E-state index in [1.165, 1.54) is 12.1 Å². The summed E-state index contributed by atoms with van der Waals surface area (Å²) in [6.07, 6.45) is 1.46. The SMILES string of the molecule is N#CC1(NC(=O)CCCC(F)(F)c2ncccc2C(N)=O)CC1. The quantitative estimate of drug-likeness (QED) is 0.795. The Hall–Kier alpha value is -2.56.